The highest BCUT2D eigenvalue weighted by atomic mass is 19.1. The quantitative estimate of drug-likeness (QED) is 0.584. The second-order valence-electron chi connectivity index (χ2n) is 9.07. The van der Waals surface area contributed by atoms with E-state index in [-0.39, 0.29) is 17.4 Å². The molecule has 2 heterocycles. The molecule has 3 unspecified atom stereocenters. The molecular formula is C23H19F4N3O3. The minimum absolute atomic E-state index is 0.0399. The third-order valence-corrected chi connectivity index (χ3v) is 6.96. The van der Waals surface area contributed by atoms with Crippen LogP contribution in [0, 0.1) is 34.6 Å². The first kappa shape index (κ1) is 21.4. The molecule has 0 amide bonds. The topological polar surface area (TPSA) is 88.6 Å². The molecular weight excluding hydrogens is 442 g/mol. The van der Waals surface area contributed by atoms with Crippen LogP contribution in [0.5, 0.6) is 0 Å². The summed E-state index contributed by atoms with van der Waals surface area (Å²) in [4.78, 5) is 25.8. The Morgan fingerprint density at radius 3 is 2.52 bits per heavy atom. The molecule has 5 rings (SSSR count). The molecule has 172 valence electrons. The van der Waals surface area contributed by atoms with Crippen LogP contribution in [0.4, 0.5) is 23.2 Å². The number of benzene rings is 2. The molecule has 10 heteroatoms. The molecule has 1 saturated carbocycles. The minimum atomic E-state index is -1.65. The Kier molecular flexibility index (Phi) is 4.58. The van der Waals surface area contributed by atoms with E-state index >= 15 is 8.78 Å². The molecule has 1 aliphatic carbocycles. The summed E-state index contributed by atoms with van der Waals surface area (Å²) in [6.07, 6.45) is 1.47. The minimum Gasteiger partial charge on any atom is -0.477 e. The van der Waals surface area contributed by atoms with E-state index in [4.69, 9.17) is 5.73 Å². The maximum atomic E-state index is 15.9. The highest BCUT2D eigenvalue weighted by molar-refractivity contribution is 5.94. The second kappa shape index (κ2) is 7.05. The van der Waals surface area contributed by atoms with E-state index in [1.807, 2.05) is 6.92 Å². The Morgan fingerprint density at radius 2 is 1.91 bits per heavy atom. The number of pyridine rings is 1. The monoisotopic (exact) mass is 461 g/mol. The van der Waals surface area contributed by atoms with Crippen molar-refractivity contribution in [3.8, 4) is 5.69 Å². The molecule has 6 nitrogen and oxygen atoms in total. The van der Waals surface area contributed by atoms with E-state index in [2.05, 4.69) is 0 Å². The summed E-state index contributed by atoms with van der Waals surface area (Å²) in [7, 11) is 0. The van der Waals surface area contributed by atoms with Gasteiger partial charge in [0.05, 0.1) is 16.6 Å². The lowest BCUT2D eigenvalue weighted by molar-refractivity contribution is 0.0695. The van der Waals surface area contributed by atoms with Crippen molar-refractivity contribution >= 4 is 22.6 Å². The highest BCUT2D eigenvalue weighted by Gasteiger charge is 2.55. The molecule has 1 saturated heterocycles. The van der Waals surface area contributed by atoms with Crippen molar-refractivity contribution in [1.82, 2.24) is 4.57 Å². The van der Waals surface area contributed by atoms with Gasteiger partial charge in [-0.2, -0.15) is 0 Å². The van der Waals surface area contributed by atoms with Crippen molar-refractivity contribution in [1.29, 1.82) is 0 Å². The molecule has 3 aromatic rings. The first-order chi connectivity index (χ1) is 15.5. The molecule has 1 aliphatic heterocycles. The Labute approximate surface area is 184 Å². The third-order valence-electron chi connectivity index (χ3n) is 6.96. The molecule has 2 aromatic carbocycles. The van der Waals surface area contributed by atoms with Crippen molar-refractivity contribution in [2.24, 2.45) is 17.1 Å². The van der Waals surface area contributed by atoms with Gasteiger partial charge >= 0.3 is 5.97 Å². The van der Waals surface area contributed by atoms with Crippen molar-refractivity contribution in [2.75, 3.05) is 18.0 Å². The Bertz CT molecular complexity index is 1410. The fourth-order valence-corrected chi connectivity index (χ4v) is 5.35. The predicted molar refractivity (Wildman–Crippen MR) is 113 cm³/mol. The zero-order valence-electron chi connectivity index (χ0n) is 17.4. The first-order valence-corrected chi connectivity index (χ1v) is 10.3. The number of hydrogen-bond donors (Lipinski definition) is 2. The van der Waals surface area contributed by atoms with Crippen LogP contribution in [-0.2, 0) is 0 Å². The molecule has 2 fully saturated rings. The summed E-state index contributed by atoms with van der Waals surface area (Å²) in [5.41, 5.74) is 2.64. The van der Waals surface area contributed by atoms with Gasteiger partial charge in [-0.25, -0.2) is 22.4 Å². The molecule has 0 bridgehead atoms. The van der Waals surface area contributed by atoms with Crippen LogP contribution < -0.4 is 16.1 Å². The molecule has 3 N–H and O–H groups in total. The van der Waals surface area contributed by atoms with Gasteiger partial charge in [-0.3, -0.25) is 4.79 Å². The van der Waals surface area contributed by atoms with Gasteiger partial charge in [-0.1, -0.05) is 6.92 Å². The summed E-state index contributed by atoms with van der Waals surface area (Å²) in [6, 6.07) is 3.12. The smallest absolute Gasteiger partial charge is 0.341 e. The number of nitrogens with two attached hydrogens (primary N) is 1. The van der Waals surface area contributed by atoms with E-state index < -0.39 is 62.5 Å². The van der Waals surface area contributed by atoms with Crippen LogP contribution in [0.2, 0.25) is 0 Å². The van der Waals surface area contributed by atoms with E-state index in [0.29, 0.717) is 25.6 Å². The third kappa shape index (κ3) is 3.04. The van der Waals surface area contributed by atoms with Gasteiger partial charge in [-0.15, -0.1) is 0 Å². The molecule has 2 aliphatic rings. The summed E-state index contributed by atoms with van der Waals surface area (Å²) in [5, 5.41) is 8.85. The summed E-state index contributed by atoms with van der Waals surface area (Å²) in [5.74, 6) is -5.80. The van der Waals surface area contributed by atoms with Gasteiger partial charge in [0, 0.05) is 31.4 Å². The SMILES string of the molecule is CC12CC(N)C1CN(c1c(F)cc3c(=O)c(C(=O)O)cn(-c4ccc(F)cc4F)c3c1F)C2. The normalized spacial score (nSPS) is 24.1. The highest BCUT2D eigenvalue weighted by Crippen LogP contribution is 2.52. The fraction of sp³-hybridized carbons (Fsp3) is 0.304. The lowest BCUT2D eigenvalue weighted by Gasteiger charge is -2.46. The Morgan fingerprint density at radius 1 is 1.18 bits per heavy atom. The first-order valence-electron chi connectivity index (χ1n) is 10.3. The molecule has 1 aromatic heterocycles. The van der Waals surface area contributed by atoms with E-state index in [1.54, 1.807) is 0 Å². The molecule has 0 spiro atoms. The number of halogens is 4. The van der Waals surface area contributed by atoms with Crippen LogP contribution in [0.3, 0.4) is 0 Å². The number of aromatic nitrogens is 1. The van der Waals surface area contributed by atoms with Crippen LogP contribution >= 0.6 is 0 Å². The van der Waals surface area contributed by atoms with Crippen molar-refractivity contribution < 1.29 is 27.5 Å². The number of rotatable bonds is 3. The van der Waals surface area contributed by atoms with Crippen LogP contribution in [0.15, 0.2) is 35.3 Å². The van der Waals surface area contributed by atoms with Gasteiger partial charge in [-0.05, 0) is 36.0 Å². The summed E-state index contributed by atoms with van der Waals surface area (Å²) in [6.45, 7) is 2.63. The van der Waals surface area contributed by atoms with Crippen LogP contribution in [-0.4, -0.2) is 34.8 Å². The zero-order chi connectivity index (χ0) is 23.8. The van der Waals surface area contributed by atoms with E-state index in [1.165, 1.54) is 4.90 Å². The summed E-state index contributed by atoms with van der Waals surface area (Å²) >= 11 is 0. The Balaban J connectivity index is 1.81. The van der Waals surface area contributed by atoms with E-state index in [0.717, 1.165) is 29.0 Å². The van der Waals surface area contributed by atoms with Crippen LogP contribution in [0.1, 0.15) is 23.7 Å². The molecule has 0 radical (unpaired) electrons. The predicted octanol–water partition coefficient (Wildman–Crippen LogP) is 3.42. The largest absolute Gasteiger partial charge is 0.477 e. The number of carbonyl (C=O) groups is 1. The average molecular weight is 461 g/mol. The second-order valence-corrected chi connectivity index (χ2v) is 9.07. The number of carboxylic acids is 1. The lowest BCUT2D eigenvalue weighted by atomic mass is 9.60. The van der Waals surface area contributed by atoms with Gasteiger partial charge in [0.1, 0.15) is 28.7 Å². The van der Waals surface area contributed by atoms with Crippen molar-refractivity contribution in [3.05, 3.63) is 69.5 Å². The fourth-order valence-electron chi connectivity index (χ4n) is 5.35. The standard InChI is InChI=1S/C23H19F4N3O3/c1-23-6-16(28)13(23)8-29(9-23)20-15(26)5-11-19(18(20)27)30(7-12(21(11)31)22(32)33)17-3-2-10(24)4-14(17)25/h2-5,7,13,16H,6,8-9,28H2,1H3,(H,32,33). The summed E-state index contributed by atoms with van der Waals surface area (Å²) < 4.78 is 60.0. The van der Waals surface area contributed by atoms with Crippen molar-refractivity contribution in [2.45, 2.75) is 19.4 Å². The number of nitrogens with zero attached hydrogens (tertiary/aromatic N) is 2. The number of fused-ring (bicyclic) bond motifs is 2. The molecule has 3 atom stereocenters. The van der Waals surface area contributed by atoms with Crippen molar-refractivity contribution in [3.63, 3.8) is 0 Å². The maximum absolute atomic E-state index is 15.9. The lowest BCUT2D eigenvalue weighted by Crippen LogP contribution is -2.53. The van der Waals surface area contributed by atoms with E-state index in [9.17, 15) is 23.5 Å². The molecule has 33 heavy (non-hydrogen) atoms. The number of aromatic carboxylic acids is 1. The Hall–Kier alpha value is -3.40. The van der Waals surface area contributed by atoms with Gasteiger partial charge in [0.25, 0.3) is 0 Å². The van der Waals surface area contributed by atoms with Gasteiger partial charge < -0.3 is 20.3 Å². The van der Waals surface area contributed by atoms with Gasteiger partial charge in [0.15, 0.2) is 5.82 Å². The van der Waals surface area contributed by atoms with Crippen LogP contribution in [0.25, 0.3) is 16.6 Å². The van der Waals surface area contributed by atoms with Gasteiger partial charge in [0.2, 0.25) is 5.43 Å². The number of anilines is 1. The zero-order valence-corrected chi connectivity index (χ0v) is 17.4. The number of carboxylic acid groups (broad SMARTS) is 1. The average Bonchev–Trinajstić information content (AvgIpc) is 2.99. The maximum Gasteiger partial charge on any atom is 0.341 e. The number of hydrogen-bond acceptors (Lipinski definition) is 4.